The van der Waals surface area contributed by atoms with Gasteiger partial charge in [-0.25, -0.2) is 8.42 Å². The Hall–Kier alpha value is -0.940. The fraction of sp³-hybridized carbons (Fsp3) is 0.286. The lowest BCUT2D eigenvalue weighted by Crippen LogP contribution is -2.40. The van der Waals surface area contributed by atoms with Crippen LogP contribution in [0.5, 0.6) is 0 Å². The predicted molar refractivity (Wildman–Crippen MR) is 41.1 cm³/mol. The van der Waals surface area contributed by atoms with Crippen LogP contribution in [0.4, 0.5) is 0 Å². The van der Waals surface area contributed by atoms with Crippen molar-refractivity contribution in [2.45, 2.75) is 12.8 Å². The van der Waals surface area contributed by atoms with Crippen molar-refractivity contribution in [1.29, 1.82) is 0 Å². The Balaban J connectivity index is 2.98. The van der Waals surface area contributed by atoms with Crippen LogP contribution in [0.3, 0.4) is 0 Å². The predicted octanol–water partition coefficient (Wildman–Crippen LogP) is -0.215. The monoisotopic (exact) mass is 187 g/mol. The number of pyridine rings is 1. The van der Waals surface area contributed by atoms with Gasteiger partial charge < -0.3 is 4.55 Å². The Kier molecular flexibility index (Phi) is 2.44. The molecular weight excluding hydrogens is 178 g/mol. The number of hydrogen-bond acceptors (Lipinski definition) is 3. The molecule has 0 spiro atoms. The third kappa shape index (κ3) is 2.60. The third-order valence-corrected chi connectivity index (χ3v) is 2.06. The van der Waals surface area contributed by atoms with Gasteiger partial charge in [0.2, 0.25) is 5.88 Å². The summed E-state index contributed by atoms with van der Waals surface area (Å²) in [4.78, 5) is 0. The molecule has 0 bridgehead atoms. The standard InChI is InChI=1S/C7H9NO3S/c1-7-4-2-3-5-8(7)6-12(9,10)11/h2-5H,6H2,1H3. The van der Waals surface area contributed by atoms with Gasteiger partial charge in [0.25, 0.3) is 0 Å². The Labute approximate surface area is 71.2 Å². The minimum atomic E-state index is -4.19. The first-order chi connectivity index (χ1) is 5.49. The largest absolute Gasteiger partial charge is 0.743 e. The third-order valence-electron chi connectivity index (χ3n) is 1.46. The molecule has 66 valence electrons. The highest BCUT2D eigenvalue weighted by atomic mass is 32.2. The molecule has 0 N–H and O–H groups in total. The Morgan fingerprint density at radius 1 is 1.50 bits per heavy atom. The summed E-state index contributed by atoms with van der Waals surface area (Å²) in [6.45, 7) is 1.74. The van der Waals surface area contributed by atoms with Gasteiger partial charge >= 0.3 is 0 Å². The molecule has 0 aliphatic rings. The summed E-state index contributed by atoms with van der Waals surface area (Å²) in [7, 11) is -4.19. The normalized spacial score (nSPS) is 11.5. The first-order valence-corrected chi connectivity index (χ1v) is 4.95. The van der Waals surface area contributed by atoms with Gasteiger partial charge in [-0.1, -0.05) is 6.07 Å². The first kappa shape index (κ1) is 9.15. The van der Waals surface area contributed by atoms with Gasteiger partial charge in [0.15, 0.2) is 22.0 Å². The van der Waals surface area contributed by atoms with Crippen LogP contribution in [0, 0.1) is 6.92 Å². The number of aryl methyl sites for hydroxylation is 1. The molecule has 1 heterocycles. The molecule has 1 rings (SSSR count). The summed E-state index contributed by atoms with van der Waals surface area (Å²) in [5, 5.41) is 0. The molecule has 0 aliphatic carbocycles. The molecule has 0 atom stereocenters. The maximum atomic E-state index is 10.4. The molecular formula is C7H9NO3S. The van der Waals surface area contributed by atoms with E-state index in [1.165, 1.54) is 4.57 Å². The van der Waals surface area contributed by atoms with E-state index >= 15 is 0 Å². The summed E-state index contributed by atoms with van der Waals surface area (Å²) >= 11 is 0. The van der Waals surface area contributed by atoms with Crippen LogP contribution in [0.25, 0.3) is 0 Å². The molecule has 0 saturated heterocycles. The van der Waals surface area contributed by atoms with E-state index in [9.17, 15) is 13.0 Å². The Bertz CT molecular complexity index is 372. The van der Waals surface area contributed by atoms with Crippen molar-refractivity contribution in [3.63, 3.8) is 0 Å². The number of hydrogen-bond donors (Lipinski definition) is 0. The van der Waals surface area contributed by atoms with Crippen LogP contribution in [0.2, 0.25) is 0 Å². The maximum Gasteiger partial charge on any atom is 0.236 e. The average molecular weight is 187 g/mol. The second-order valence-electron chi connectivity index (χ2n) is 2.50. The first-order valence-electron chi connectivity index (χ1n) is 3.38. The Morgan fingerprint density at radius 3 is 2.67 bits per heavy atom. The van der Waals surface area contributed by atoms with Crippen LogP contribution in [0.15, 0.2) is 24.4 Å². The lowest BCUT2D eigenvalue weighted by molar-refractivity contribution is -0.684. The molecule has 12 heavy (non-hydrogen) atoms. The minimum Gasteiger partial charge on any atom is -0.743 e. The number of rotatable bonds is 2. The smallest absolute Gasteiger partial charge is 0.236 e. The van der Waals surface area contributed by atoms with E-state index < -0.39 is 16.0 Å². The van der Waals surface area contributed by atoms with Gasteiger partial charge in [0, 0.05) is 19.1 Å². The molecule has 0 amide bonds. The number of aromatic nitrogens is 1. The van der Waals surface area contributed by atoms with Crippen molar-refractivity contribution in [3.05, 3.63) is 30.1 Å². The van der Waals surface area contributed by atoms with E-state index in [-0.39, 0.29) is 0 Å². The zero-order chi connectivity index (χ0) is 9.19. The van der Waals surface area contributed by atoms with Gasteiger partial charge in [0.1, 0.15) is 0 Å². The van der Waals surface area contributed by atoms with Crippen molar-refractivity contribution >= 4 is 10.1 Å². The maximum absolute atomic E-state index is 10.4. The van der Waals surface area contributed by atoms with Gasteiger partial charge in [-0.15, -0.1) is 0 Å². The Morgan fingerprint density at radius 2 is 2.17 bits per heavy atom. The second-order valence-corrected chi connectivity index (χ2v) is 3.87. The van der Waals surface area contributed by atoms with Crippen molar-refractivity contribution in [2.75, 3.05) is 0 Å². The summed E-state index contributed by atoms with van der Waals surface area (Å²) in [6.07, 6.45) is 1.56. The second kappa shape index (κ2) is 3.20. The van der Waals surface area contributed by atoms with E-state index in [4.69, 9.17) is 0 Å². The van der Waals surface area contributed by atoms with E-state index in [0.717, 1.165) is 5.69 Å². The molecule has 1 aromatic rings. The SMILES string of the molecule is Cc1cccc[n+]1CS(=O)(=O)[O-]. The van der Waals surface area contributed by atoms with E-state index in [1.54, 1.807) is 31.3 Å². The lowest BCUT2D eigenvalue weighted by atomic mass is 10.4. The van der Waals surface area contributed by atoms with Gasteiger partial charge in [-0.05, 0) is 0 Å². The highest BCUT2D eigenvalue weighted by Crippen LogP contribution is 1.89. The highest BCUT2D eigenvalue weighted by molar-refractivity contribution is 7.84. The van der Waals surface area contributed by atoms with Crippen molar-refractivity contribution in [2.24, 2.45) is 0 Å². The summed E-state index contributed by atoms with van der Waals surface area (Å²) < 4.78 is 32.5. The van der Waals surface area contributed by atoms with Crippen LogP contribution >= 0.6 is 0 Å². The van der Waals surface area contributed by atoms with Crippen LogP contribution in [0.1, 0.15) is 5.69 Å². The molecule has 1 aromatic heterocycles. The van der Waals surface area contributed by atoms with Crippen molar-refractivity contribution < 1.29 is 17.5 Å². The number of nitrogens with zero attached hydrogens (tertiary/aromatic N) is 1. The topological polar surface area (TPSA) is 61.1 Å². The fourth-order valence-corrected chi connectivity index (χ4v) is 1.51. The van der Waals surface area contributed by atoms with Crippen LogP contribution < -0.4 is 4.57 Å². The van der Waals surface area contributed by atoms with Gasteiger partial charge in [-0.3, -0.25) is 0 Å². The van der Waals surface area contributed by atoms with Crippen LogP contribution in [-0.4, -0.2) is 13.0 Å². The van der Waals surface area contributed by atoms with Crippen molar-refractivity contribution in [3.8, 4) is 0 Å². The molecule has 0 unspecified atom stereocenters. The summed E-state index contributed by atoms with van der Waals surface area (Å²) in [6, 6.07) is 5.20. The molecule has 0 aromatic carbocycles. The quantitative estimate of drug-likeness (QED) is 0.475. The minimum absolute atomic E-state index is 0.500. The van der Waals surface area contributed by atoms with Gasteiger partial charge in [-0.2, -0.15) is 4.57 Å². The molecule has 4 nitrogen and oxygen atoms in total. The summed E-state index contributed by atoms with van der Waals surface area (Å²) in [5.74, 6) is -0.500. The van der Waals surface area contributed by atoms with Crippen LogP contribution in [-0.2, 0) is 16.0 Å². The summed E-state index contributed by atoms with van der Waals surface area (Å²) in [5.41, 5.74) is 0.747. The van der Waals surface area contributed by atoms with Gasteiger partial charge in [0.05, 0.1) is 0 Å². The molecule has 0 radical (unpaired) electrons. The molecule has 0 fully saturated rings. The highest BCUT2D eigenvalue weighted by Gasteiger charge is 2.07. The van der Waals surface area contributed by atoms with Crippen molar-refractivity contribution in [1.82, 2.24) is 0 Å². The van der Waals surface area contributed by atoms with E-state index in [1.807, 2.05) is 0 Å². The zero-order valence-electron chi connectivity index (χ0n) is 6.60. The lowest BCUT2D eigenvalue weighted by Gasteiger charge is -2.03. The average Bonchev–Trinajstić information content (AvgIpc) is 1.91. The van der Waals surface area contributed by atoms with E-state index in [0.29, 0.717) is 0 Å². The van der Waals surface area contributed by atoms with E-state index in [2.05, 4.69) is 0 Å². The zero-order valence-corrected chi connectivity index (χ0v) is 7.41. The fourth-order valence-electron chi connectivity index (χ4n) is 0.877. The molecule has 5 heteroatoms. The molecule has 0 aliphatic heterocycles. The molecule has 0 saturated carbocycles.